The Balaban J connectivity index is 2.26. The number of carboxylic acids is 1. The number of rotatable bonds is 8. The summed E-state index contributed by atoms with van der Waals surface area (Å²) >= 11 is 3.24. The molecule has 2 rings (SSSR count). The number of hydrogen-bond donors (Lipinski definition) is 2. The van der Waals surface area contributed by atoms with Crippen LogP contribution in [0.1, 0.15) is 11.1 Å². The maximum Gasteiger partial charge on any atom is 0.416 e. The van der Waals surface area contributed by atoms with E-state index in [2.05, 4.69) is 26.5 Å². The first-order valence-electron chi connectivity index (χ1n) is 7.89. The van der Waals surface area contributed by atoms with E-state index in [0.717, 1.165) is 6.07 Å². The Hall–Kier alpha value is -3.35. The van der Waals surface area contributed by atoms with Crippen molar-refractivity contribution >= 4 is 39.5 Å². The van der Waals surface area contributed by atoms with Crippen molar-refractivity contribution < 1.29 is 37.5 Å². The summed E-state index contributed by atoms with van der Waals surface area (Å²) in [6.45, 7) is -0.588. The van der Waals surface area contributed by atoms with Gasteiger partial charge in [-0.15, -0.1) is 0 Å². The molecule has 9 nitrogen and oxygen atoms in total. The highest BCUT2D eigenvalue weighted by Gasteiger charge is 2.33. The first-order valence-corrected chi connectivity index (χ1v) is 8.69. The molecule has 0 aliphatic carbocycles. The summed E-state index contributed by atoms with van der Waals surface area (Å²) in [4.78, 5) is 20.8. The number of aliphatic carboxylic acids is 1. The first kappa shape index (κ1) is 22.9. The van der Waals surface area contributed by atoms with Gasteiger partial charge >= 0.3 is 12.1 Å². The first-order chi connectivity index (χ1) is 14.0. The van der Waals surface area contributed by atoms with Crippen molar-refractivity contribution in [3.63, 3.8) is 0 Å². The predicted octanol–water partition coefficient (Wildman–Crippen LogP) is 4.29. The molecule has 0 aliphatic rings. The molecule has 0 bridgehead atoms. The van der Waals surface area contributed by atoms with Gasteiger partial charge in [0.25, 0.3) is 5.69 Å². The standard InChI is InChI=1S/C17H13BrF3N3O6/c1-29-14-4-9(11(18)6-15(14)30-8-16(25)26)7-22-23-12-3-2-10(17(19,20)21)5-13(12)24(27)28/h2-7,23H,8H2,1H3,(H,25,26)/b22-7-. The van der Waals surface area contributed by atoms with Crippen LogP contribution in [0.5, 0.6) is 11.5 Å². The van der Waals surface area contributed by atoms with Gasteiger partial charge in [-0.2, -0.15) is 18.3 Å². The topological polar surface area (TPSA) is 123 Å². The van der Waals surface area contributed by atoms with Gasteiger partial charge in [0, 0.05) is 16.1 Å². The van der Waals surface area contributed by atoms with Crippen LogP contribution >= 0.6 is 15.9 Å². The number of carbonyl (C=O) groups is 1. The molecular formula is C17H13BrF3N3O6. The molecule has 13 heteroatoms. The third-order valence-corrected chi connectivity index (χ3v) is 4.23. The van der Waals surface area contributed by atoms with E-state index in [-0.39, 0.29) is 17.2 Å². The monoisotopic (exact) mass is 491 g/mol. The number of anilines is 1. The lowest BCUT2D eigenvalue weighted by atomic mass is 10.1. The second-order valence-corrected chi connectivity index (χ2v) is 6.42. The van der Waals surface area contributed by atoms with Crippen molar-refractivity contribution in [3.8, 4) is 11.5 Å². The lowest BCUT2D eigenvalue weighted by Gasteiger charge is -2.11. The van der Waals surface area contributed by atoms with E-state index in [0.29, 0.717) is 22.2 Å². The smallest absolute Gasteiger partial charge is 0.416 e. The number of nitrogens with one attached hydrogen (secondary N) is 1. The normalized spacial score (nSPS) is 11.4. The molecule has 0 heterocycles. The van der Waals surface area contributed by atoms with Crippen LogP contribution in [0.25, 0.3) is 0 Å². The van der Waals surface area contributed by atoms with Gasteiger partial charge in [0.1, 0.15) is 5.69 Å². The van der Waals surface area contributed by atoms with Gasteiger partial charge in [-0.1, -0.05) is 0 Å². The highest BCUT2D eigenvalue weighted by molar-refractivity contribution is 9.10. The summed E-state index contributed by atoms with van der Waals surface area (Å²) in [6.07, 6.45) is -3.49. The fraction of sp³-hybridized carbons (Fsp3) is 0.176. The van der Waals surface area contributed by atoms with Crippen LogP contribution in [0, 0.1) is 10.1 Å². The van der Waals surface area contributed by atoms with Gasteiger partial charge in [0.2, 0.25) is 0 Å². The molecule has 0 radical (unpaired) electrons. The molecule has 0 unspecified atom stereocenters. The van der Waals surface area contributed by atoms with Crippen LogP contribution < -0.4 is 14.9 Å². The molecule has 30 heavy (non-hydrogen) atoms. The van der Waals surface area contributed by atoms with Crippen LogP contribution in [0.2, 0.25) is 0 Å². The van der Waals surface area contributed by atoms with Gasteiger partial charge in [0.15, 0.2) is 18.1 Å². The van der Waals surface area contributed by atoms with Crippen molar-refractivity contribution in [2.24, 2.45) is 5.10 Å². The molecule has 0 spiro atoms. The number of carboxylic acid groups (broad SMARTS) is 1. The van der Waals surface area contributed by atoms with E-state index >= 15 is 0 Å². The minimum absolute atomic E-state index is 0.148. The molecule has 160 valence electrons. The number of hydrogen-bond acceptors (Lipinski definition) is 7. The van der Waals surface area contributed by atoms with Crippen LogP contribution in [-0.4, -0.2) is 35.9 Å². The number of benzene rings is 2. The van der Waals surface area contributed by atoms with E-state index in [1.165, 1.54) is 25.5 Å². The van der Waals surface area contributed by atoms with Crippen LogP contribution in [0.4, 0.5) is 24.5 Å². The molecule has 0 aromatic heterocycles. The predicted molar refractivity (Wildman–Crippen MR) is 103 cm³/mol. The van der Waals surface area contributed by atoms with Crippen molar-refractivity contribution in [1.29, 1.82) is 0 Å². The summed E-state index contributed by atoms with van der Waals surface area (Å²) in [5.41, 5.74) is 0.548. The van der Waals surface area contributed by atoms with Crippen LogP contribution in [0.3, 0.4) is 0 Å². The fourth-order valence-corrected chi connectivity index (χ4v) is 2.61. The van der Waals surface area contributed by atoms with E-state index < -0.39 is 34.9 Å². The highest BCUT2D eigenvalue weighted by Crippen LogP contribution is 2.35. The number of hydrazone groups is 1. The number of methoxy groups -OCH3 is 1. The maximum absolute atomic E-state index is 12.8. The summed E-state index contributed by atoms with van der Waals surface area (Å²) in [5, 5.41) is 23.6. The maximum atomic E-state index is 12.8. The third kappa shape index (κ3) is 5.83. The Kier molecular flexibility index (Phi) is 7.21. The summed E-state index contributed by atoms with van der Waals surface area (Å²) in [5.74, 6) is -0.835. The average molecular weight is 492 g/mol. The van der Waals surface area contributed by atoms with Gasteiger partial charge in [-0.25, -0.2) is 4.79 Å². The Morgan fingerprint density at radius 1 is 1.33 bits per heavy atom. The number of ether oxygens (including phenoxy) is 2. The van der Waals surface area contributed by atoms with E-state index in [1.54, 1.807) is 0 Å². The molecule has 0 aliphatic heterocycles. The largest absolute Gasteiger partial charge is 0.493 e. The molecule has 0 saturated carbocycles. The zero-order chi connectivity index (χ0) is 22.5. The van der Waals surface area contributed by atoms with Crippen LogP contribution in [-0.2, 0) is 11.0 Å². The Labute approximate surface area is 175 Å². The Morgan fingerprint density at radius 2 is 2.03 bits per heavy atom. The lowest BCUT2D eigenvalue weighted by Crippen LogP contribution is -2.10. The molecular weight excluding hydrogens is 479 g/mol. The van der Waals surface area contributed by atoms with Gasteiger partial charge in [-0.05, 0) is 40.2 Å². The zero-order valence-corrected chi connectivity index (χ0v) is 16.7. The summed E-state index contributed by atoms with van der Waals surface area (Å²) in [6, 6.07) is 4.89. The second-order valence-electron chi connectivity index (χ2n) is 5.56. The van der Waals surface area contributed by atoms with E-state index in [1.807, 2.05) is 0 Å². The molecule has 0 amide bonds. The minimum atomic E-state index is -4.72. The minimum Gasteiger partial charge on any atom is -0.493 e. The Bertz CT molecular complexity index is 997. The number of alkyl halides is 3. The SMILES string of the molecule is COc1cc(/C=N\Nc2ccc(C(F)(F)F)cc2[N+](=O)[O-])c(Br)cc1OCC(=O)O. The highest BCUT2D eigenvalue weighted by atomic mass is 79.9. The number of nitro benzene ring substituents is 1. The Morgan fingerprint density at radius 3 is 2.60 bits per heavy atom. The molecule has 0 atom stereocenters. The fourth-order valence-electron chi connectivity index (χ4n) is 2.19. The zero-order valence-electron chi connectivity index (χ0n) is 15.1. The van der Waals surface area contributed by atoms with Crippen molar-refractivity contribution in [2.75, 3.05) is 19.1 Å². The van der Waals surface area contributed by atoms with E-state index in [4.69, 9.17) is 14.6 Å². The lowest BCUT2D eigenvalue weighted by molar-refractivity contribution is -0.384. The summed E-state index contributed by atoms with van der Waals surface area (Å²) in [7, 11) is 1.33. The second kappa shape index (κ2) is 9.43. The molecule has 2 aromatic rings. The molecule has 0 fully saturated rings. The van der Waals surface area contributed by atoms with Gasteiger partial charge in [0.05, 0.1) is 23.8 Å². The third-order valence-electron chi connectivity index (χ3n) is 3.54. The quantitative estimate of drug-likeness (QED) is 0.320. The average Bonchev–Trinajstić information content (AvgIpc) is 2.66. The van der Waals surface area contributed by atoms with E-state index in [9.17, 15) is 28.1 Å². The van der Waals surface area contributed by atoms with Gasteiger partial charge < -0.3 is 14.6 Å². The molecule has 2 aromatic carbocycles. The van der Waals surface area contributed by atoms with Crippen molar-refractivity contribution in [1.82, 2.24) is 0 Å². The molecule has 0 saturated heterocycles. The van der Waals surface area contributed by atoms with Gasteiger partial charge in [-0.3, -0.25) is 15.5 Å². The van der Waals surface area contributed by atoms with Crippen LogP contribution in [0.15, 0.2) is 39.9 Å². The van der Waals surface area contributed by atoms with Crippen molar-refractivity contribution in [2.45, 2.75) is 6.18 Å². The number of nitrogens with zero attached hydrogens (tertiary/aromatic N) is 2. The van der Waals surface area contributed by atoms with Crippen molar-refractivity contribution in [3.05, 3.63) is 56.0 Å². The molecule has 2 N–H and O–H groups in total. The number of nitro groups is 1. The summed E-state index contributed by atoms with van der Waals surface area (Å²) < 4.78 is 48.9. The number of halogens is 4.